The summed E-state index contributed by atoms with van der Waals surface area (Å²) in [5.74, 6) is 2.29. The molecule has 1 aliphatic heterocycles. The van der Waals surface area contributed by atoms with E-state index < -0.39 is 0 Å². The molecular weight excluding hydrogens is 320 g/mol. The predicted octanol–water partition coefficient (Wildman–Crippen LogP) is 5.42. The van der Waals surface area contributed by atoms with Crippen molar-refractivity contribution >= 4 is 21.7 Å². The summed E-state index contributed by atoms with van der Waals surface area (Å²) in [6.45, 7) is 6.60. The zero-order chi connectivity index (χ0) is 18.0. The van der Waals surface area contributed by atoms with E-state index in [4.69, 9.17) is 4.74 Å². The summed E-state index contributed by atoms with van der Waals surface area (Å²) in [6, 6.07) is 12.9. The van der Waals surface area contributed by atoms with Crippen LogP contribution in [0.4, 0.5) is 0 Å². The van der Waals surface area contributed by atoms with Crippen LogP contribution in [-0.2, 0) is 7.05 Å². The second-order valence-electron chi connectivity index (χ2n) is 7.46. The molecule has 0 atom stereocenters. The highest BCUT2D eigenvalue weighted by molar-refractivity contribution is 6.04. The van der Waals surface area contributed by atoms with E-state index >= 15 is 0 Å². The Hall–Kier alpha value is -2.94. The summed E-state index contributed by atoms with van der Waals surface area (Å²) >= 11 is 0. The van der Waals surface area contributed by atoms with Gasteiger partial charge in [0.1, 0.15) is 18.5 Å². The maximum atomic E-state index is 6.43. The molecule has 0 radical (unpaired) electrons. The number of aromatic nitrogens is 2. The van der Waals surface area contributed by atoms with Gasteiger partial charge in [-0.2, -0.15) is 0 Å². The summed E-state index contributed by atoms with van der Waals surface area (Å²) in [5.41, 5.74) is 5.88. The minimum absolute atomic E-state index is 0.457. The van der Waals surface area contributed by atoms with Crippen LogP contribution in [0.2, 0.25) is 0 Å². The fraction of sp³-hybridized carbons (Fsp3) is 0.217. The van der Waals surface area contributed by atoms with Gasteiger partial charge in [-0.25, -0.2) is 4.57 Å². The Bertz CT molecular complexity index is 1210. The lowest BCUT2D eigenvalue weighted by Gasteiger charge is -2.22. The average Bonchev–Trinajstić information content (AvgIpc) is 2.63. The van der Waals surface area contributed by atoms with Gasteiger partial charge in [0.15, 0.2) is 6.20 Å². The first-order valence-corrected chi connectivity index (χ1v) is 9.07. The Labute approximate surface area is 152 Å². The molecule has 0 aliphatic carbocycles. The largest absolute Gasteiger partial charge is 0.455 e. The fourth-order valence-corrected chi connectivity index (χ4v) is 4.06. The Morgan fingerprint density at radius 3 is 2.73 bits per heavy atom. The summed E-state index contributed by atoms with van der Waals surface area (Å²) in [7, 11) is 2.11. The van der Waals surface area contributed by atoms with Crippen LogP contribution >= 0.6 is 0 Å². The molecule has 4 aromatic rings. The number of benzene rings is 2. The monoisotopic (exact) mass is 341 g/mol. The molecule has 2 aromatic heterocycles. The molecule has 0 N–H and O–H groups in total. The predicted molar refractivity (Wildman–Crippen MR) is 105 cm³/mol. The molecule has 128 valence electrons. The van der Waals surface area contributed by atoms with Gasteiger partial charge >= 0.3 is 0 Å². The van der Waals surface area contributed by atoms with Crippen molar-refractivity contribution < 1.29 is 9.30 Å². The van der Waals surface area contributed by atoms with Crippen molar-refractivity contribution in [2.24, 2.45) is 7.05 Å². The Morgan fingerprint density at radius 2 is 1.92 bits per heavy atom. The standard InChI is InChI=1S/C23H21N2O/c1-13(2)16-10-15-7-9-25(4)23-21-14(3)17-6-5-8-24-18(17)12-20(21)26-19(11-16)22(15)23/h5-13H,1-4H3/q+1. The molecule has 3 heteroatoms. The van der Waals surface area contributed by atoms with Crippen molar-refractivity contribution in [1.82, 2.24) is 4.98 Å². The smallest absolute Gasteiger partial charge is 0.228 e. The Kier molecular flexibility index (Phi) is 3.11. The normalized spacial score (nSPS) is 12.5. The average molecular weight is 341 g/mol. The van der Waals surface area contributed by atoms with Gasteiger partial charge in [0.25, 0.3) is 0 Å². The molecule has 0 unspecified atom stereocenters. The Morgan fingerprint density at radius 1 is 1.08 bits per heavy atom. The maximum absolute atomic E-state index is 6.43. The number of ether oxygens (including phenoxy) is 1. The highest BCUT2D eigenvalue weighted by atomic mass is 16.5. The van der Waals surface area contributed by atoms with E-state index in [-0.39, 0.29) is 0 Å². The molecule has 3 heterocycles. The van der Waals surface area contributed by atoms with Crippen LogP contribution in [0.15, 0.2) is 48.8 Å². The summed E-state index contributed by atoms with van der Waals surface area (Å²) < 4.78 is 8.64. The van der Waals surface area contributed by atoms with Crippen molar-refractivity contribution in [2.45, 2.75) is 26.7 Å². The summed E-state index contributed by atoms with van der Waals surface area (Å²) in [5, 5.41) is 3.60. The first-order valence-electron chi connectivity index (χ1n) is 9.07. The molecule has 1 aliphatic rings. The number of aryl methyl sites for hydroxylation is 2. The third-order valence-electron chi connectivity index (χ3n) is 5.48. The topological polar surface area (TPSA) is 26.0 Å². The molecule has 0 amide bonds. The minimum Gasteiger partial charge on any atom is -0.455 e. The highest BCUT2D eigenvalue weighted by Gasteiger charge is 2.30. The third-order valence-corrected chi connectivity index (χ3v) is 5.48. The van der Waals surface area contributed by atoms with Crippen LogP contribution in [-0.4, -0.2) is 4.98 Å². The lowest BCUT2D eigenvalue weighted by molar-refractivity contribution is -0.659. The Balaban J connectivity index is 1.95. The van der Waals surface area contributed by atoms with Crippen LogP contribution in [0, 0.1) is 6.92 Å². The van der Waals surface area contributed by atoms with Gasteiger partial charge in [-0.05, 0) is 41.5 Å². The second-order valence-corrected chi connectivity index (χ2v) is 7.46. The van der Waals surface area contributed by atoms with Crippen molar-refractivity contribution in [3.8, 4) is 22.8 Å². The van der Waals surface area contributed by atoms with Crippen molar-refractivity contribution in [2.75, 3.05) is 0 Å². The fourth-order valence-electron chi connectivity index (χ4n) is 4.06. The van der Waals surface area contributed by atoms with E-state index in [1.807, 2.05) is 12.3 Å². The van der Waals surface area contributed by atoms with Crippen LogP contribution in [0.1, 0.15) is 30.9 Å². The quantitative estimate of drug-likeness (QED) is 0.381. The van der Waals surface area contributed by atoms with Crippen LogP contribution < -0.4 is 9.30 Å². The van der Waals surface area contributed by atoms with E-state index in [0.717, 1.165) is 17.0 Å². The van der Waals surface area contributed by atoms with E-state index in [1.165, 1.54) is 38.5 Å². The van der Waals surface area contributed by atoms with Crippen LogP contribution in [0.5, 0.6) is 11.5 Å². The third kappa shape index (κ3) is 2.00. The molecule has 0 bridgehead atoms. The van der Waals surface area contributed by atoms with Gasteiger partial charge in [0.2, 0.25) is 5.69 Å². The first kappa shape index (κ1) is 15.3. The van der Waals surface area contributed by atoms with E-state index in [2.05, 4.69) is 73.9 Å². The van der Waals surface area contributed by atoms with Crippen molar-refractivity contribution in [3.63, 3.8) is 0 Å². The SMILES string of the molecule is Cc1c2c(cc3ncccc13)Oc1cc(C(C)C)cc3cc[n+](C)c-2c13. The van der Waals surface area contributed by atoms with E-state index in [9.17, 15) is 0 Å². The number of hydrogen-bond acceptors (Lipinski definition) is 2. The molecule has 26 heavy (non-hydrogen) atoms. The van der Waals surface area contributed by atoms with Crippen LogP contribution in [0.3, 0.4) is 0 Å². The van der Waals surface area contributed by atoms with Gasteiger partial charge in [-0.3, -0.25) is 4.98 Å². The number of pyridine rings is 2. The van der Waals surface area contributed by atoms with Crippen molar-refractivity contribution in [3.05, 3.63) is 59.9 Å². The molecular formula is C23H21N2O+. The molecule has 0 saturated carbocycles. The number of nitrogens with zero attached hydrogens (tertiary/aromatic N) is 2. The van der Waals surface area contributed by atoms with Gasteiger partial charge in [0.05, 0.1) is 16.5 Å². The van der Waals surface area contributed by atoms with Gasteiger partial charge in [-0.1, -0.05) is 26.0 Å². The van der Waals surface area contributed by atoms with Gasteiger partial charge in [-0.15, -0.1) is 0 Å². The van der Waals surface area contributed by atoms with Crippen molar-refractivity contribution in [1.29, 1.82) is 0 Å². The number of rotatable bonds is 1. The lowest BCUT2D eigenvalue weighted by Crippen LogP contribution is -2.31. The zero-order valence-corrected chi connectivity index (χ0v) is 15.5. The molecule has 0 fully saturated rings. The van der Waals surface area contributed by atoms with E-state index in [1.54, 1.807) is 0 Å². The first-order chi connectivity index (χ1) is 12.5. The minimum atomic E-state index is 0.457. The van der Waals surface area contributed by atoms with Gasteiger partial charge < -0.3 is 4.74 Å². The second kappa shape index (κ2) is 5.28. The molecule has 3 nitrogen and oxygen atoms in total. The highest BCUT2D eigenvalue weighted by Crippen LogP contribution is 2.48. The molecule has 0 saturated heterocycles. The molecule has 0 spiro atoms. The lowest BCUT2D eigenvalue weighted by atomic mass is 9.91. The molecule has 5 rings (SSSR count). The summed E-state index contributed by atoms with van der Waals surface area (Å²) in [4.78, 5) is 4.54. The van der Waals surface area contributed by atoms with E-state index in [0.29, 0.717) is 5.92 Å². The summed E-state index contributed by atoms with van der Waals surface area (Å²) in [6.07, 6.45) is 3.98. The van der Waals surface area contributed by atoms with Crippen LogP contribution in [0.25, 0.3) is 32.9 Å². The number of fused-ring (bicyclic) bond motifs is 3. The maximum Gasteiger partial charge on any atom is 0.228 e. The zero-order valence-electron chi connectivity index (χ0n) is 15.5. The van der Waals surface area contributed by atoms with Gasteiger partial charge in [0, 0.05) is 23.7 Å². The molecule has 2 aromatic carbocycles. The number of hydrogen-bond donors (Lipinski definition) is 0.